The van der Waals surface area contributed by atoms with Crippen LogP contribution in [0.1, 0.15) is 0 Å². The Balaban J connectivity index is 1.77. The van der Waals surface area contributed by atoms with Crippen molar-refractivity contribution in [2.75, 3.05) is 17.3 Å². The molecule has 0 aliphatic carbocycles. The highest BCUT2D eigenvalue weighted by atomic mass is 35.5. The van der Waals surface area contributed by atoms with Crippen molar-refractivity contribution >= 4 is 40.7 Å². The smallest absolute Gasteiger partial charge is 0.254 e. The fraction of sp³-hybridized carbons (Fsp3) is 0.0556. The minimum atomic E-state index is 0.196. The number of nitrogens with two attached hydrogens (primary N) is 1. The van der Waals surface area contributed by atoms with E-state index in [1.54, 1.807) is 18.3 Å². The first kappa shape index (κ1) is 16.7. The Morgan fingerprint density at radius 3 is 2.52 bits per heavy atom. The van der Waals surface area contributed by atoms with Gasteiger partial charge in [0.25, 0.3) is 5.95 Å². The molecule has 0 saturated heterocycles. The van der Waals surface area contributed by atoms with Gasteiger partial charge in [-0.15, -0.1) is 0 Å². The molecule has 0 bridgehead atoms. The van der Waals surface area contributed by atoms with E-state index in [0.717, 1.165) is 17.2 Å². The number of hydrogen-bond acceptors (Lipinski definition) is 4. The van der Waals surface area contributed by atoms with Gasteiger partial charge in [0.1, 0.15) is 5.82 Å². The number of anilines is 3. The monoisotopic (exact) mass is 352 g/mol. The summed E-state index contributed by atoms with van der Waals surface area (Å²) in [4.78, 5) is 14.7. The Bertz CT molecular complexity index is 864. The van der Waals surface area contributed by atoms with Crippen molar-refractivity contribution in [3.05, 3.63) is 71.9 Å². The maximum absolute atomic E-state index is 5.93. The third kappa shape index (κ3) is 4.45. The van der Waals surface area contributed by atoms with E-state index in [1.807, 2.05) is 60.5 Å². The molecule has 0 spiro atoms. The number of aliphatic imine (C=N–C) groups is 1. The van der Waals surface area contributed by atoms with Crippen LogP contribution >= 0.6 is 11.6 Å². The van der Waals surface area contributed by atoms with Gasteiger partial charge in [0.05, 0.1) is 0 Å². The summed E-state index contributed by atoms with van der Waals surface area (Å²) in [6.07, 6.45) is 1.65. The molecule has 3 N–H and O–H groups in total. The molecule has 0 aliphatic heterocycles. The molecule has 126 valence electrons. The molecule has 1 heterocycles. The Labute approximate surface area is 151 Å². The fourth-order valence-corrected chi connectivity index (χ4v) is 2.31. The lowest BCUT2D eigenvalue weighted by Crippen LogP contribution is -2.22. The Morgan fingerprint density at radius 1 is 1.08 bits per heavy atom. The number of rotatable bonds is 4. The molecule has 7 heteroatoms. The third-order valence-electron chi connectivity index (χ3n) is 3.45. The van der Waals surface area contributed by atoms with E-state index in [0.29, 0.717) is 5.02 Å². The standard InChI is InChI=1S/C18H17ClN6/c1-25(15-5-3-2-4-6-15)16-11-12-21-18(23-16)24-17(20)22-14-9-7-13(19)8-10-14/h2-12H,1H3,(H3,20,21,22,23,24). The van der Waals surface area contributed by atoms with Crippen molar-refractivity contribution in [1.82, 2.24) is 9.97 Å². The Kier molecular flexibility index (Phi) is 5.11. The first-order valence-corrected chi connectivity index (χ1v) is 7.98. The van der Waals surface area contributed by atoms with Crippen LogP contribution in [-0.2, 0) is 0 Å². The molecule has 0 saturated carbocycles. The molecule has 0 fully saturated rings. The SMILES string of the molecule is CN(c1ccccc1)c1ccnc(/N=C(\N)Nc2ccc(Cl)cc2)n1. The van der Waals surface area contributed by atoms with Crippen LogP contribution in [0.2, 0.25) is 5.02 Å². The average Bonchev–Trinajstić information content (AvgIpc) is 2.64. The normalized spacial score (nSPS) is 11.2. The van der Waals surface area contributed by atoms with E-state index in [9.17, 15) is 0 Å². The number of guanidine groups is 1. The van der Waals surface area contributed by atoms with Gasteiger partial charge in [-0.3, -0.25) is 0 Å². The van der Waals surface area contributed by atoms with E-state index >= 15 is 0 Å². The van der Waals surface area contributed by atoms with Crippen molar-refractivity contribution in [2.24, 2.45) is 10.7 Å². The minimum Gasteiger partial charge on any atom is -0.369 e. The second-order valence-electron chi connectivity index (χ2n) is 5.24. The molecule has 3 aromatic rings. The highest BCUT2D eigenvalue weighted by Crippen LogP contribution is 2.22. The zero-order valence-electron chi connectivity index (χ0n) is 13.6. The summed E-state index contributed by atoms with van der Waals surface area (Å²) in [5, 5.41) is 3.63. The van der Waals surface area contributed by atoms with Crippen molar-refractivity contribution in [2.45, 2.75) is 0 Å². The average molecular weight is 353 g/mol. The molecular formula is C18H17ClN6. The van der Waals surface area contributed by atoms with Gasteiger partial charge in [-0.2, -0.15) is 9.98 Å². The van der Waals surface area contributed by atoms with Gasteiger partial charge in [-0.1, -0.05) is 29.8 Å². The number of para-hydroxylation sites is 1. The van der Waals surface area contributed by atoms with Crippen LogP contribution in [0.5, 0.6) is 0 Å². The minimum absolute atomic E-state index is 0.196. The van der Waals surface area contributed by atoms with E-state index in [1.165, 1.54) is 0 Å². The van der Waals surface area contributed by atoms with Crippen LogP contribution in [-0.4, -0.2) is 23.0 Å². The van der Waals surface area contributed by atoms with Crippen LogP contribution in [0, 0.1) is 0 Å². The molecule has 1 aromatic heterocycles. The second kappa shape index (κ2) is 7.63. The van der Waals surface area contributed by atoms with E-state index in [2.05, 4.69) is 20.3 Å². The largest absolute Gasteiger partial charge is 0.369 e. The predicted octanol–water partition coefficient (Wildman–Crippen LogP) is 3.96. The van der Waals surface area contributed by atoms with Gasteiger partial charge in [-0.05, 0) is 42.5 Å². The molecule has 6 nitrogen and oxygen atoms in total. The Morgan fingerprint density at radius 2 is 1.80 bits per heavy atom. The highest BCUT2D eigenvalue weighted by molar-refractivity contribution is 6.30. The van der Waals surface area contributed by atoms with Crippen LogP contribution in [0.15, 0.2) is 71.9 Å². The van der Waals surface area contributed by atoms with Crippen molar-refractivity contribution < 1.29 is 0 Å². The van der Waals surface area contributed by atoms with Crippen molar-refractivity contribution in [3.63, 3.8) is 0 Å². The first-order chi connectivity index (χ1) is 12.1. The third-order valence-corrected chi connectivity index (χ3v) is 3.70. The van der Waals surface area contributed by atoms with E-state index < -0.39 is 0 Å². The van der Waals surface area contributed by atoms with Gasteiger partial charge >= 0.3 is 0 Å². The van der Waals surface area contributed by atoms with Crippen molar-refractivity contribution in [3.8, 4) is 0 Å². The Hall–Kier alpha value is -3.12. The number of nitrogens with zero attached hydrogens (tertiary/aromatic N) is 4. The van der Waals surface area contributed by atoms with Gasteiger partial charge in [0.2, 0.25) is 5.96 Å². The second-order valence-corrected chi connectivity index (χ2v) is 5.67. The van der Waals surface area contributed by atoms with Gasteiger partial charge in [-0.25, -0.2) is 4.98 Å². The predicted molar refractivity (Wildman–Crippen MR) is 103 cm³/mol. The topological polar surface area (TPSA) is 79.4 Å². The van der Waals surface area contributed by atoms with Crippen LogP contribution in [0.25, 0.3) is 0 Å². The number of nitrogens with one attached hydrogen (secondary N) is 1. The number of benzene rings is 2. The van der Waals surface area contributed by atoms with E-state index in [4.69, 9.17) is 17.3 Å². The quantitative estimate of drug-likeness (QED) is 0.549. The van der Waals surface area contributed by atoms with E-state index in [-0.39, 0.29) is 11.9 Å². The lowest BCUT2D eigenvalue weighted by molar-refractivity contribution is 1.07. The first-order valence-electron chi connectivity index (χ1n) is 7.60. The zero-order valence-corrected chi connectivity index (χ0v) is 14.4. The van der Waals surface area contributed by atoms with Crippen molar-refractivity contribution in [1.29, 1.82) is 0 Å². The van der Waals surface area contributed by atoms with Crippen LogP contribution in [0.4, 0.5) is 23.1 Å². The maximum Gasteiger partial charge on any atom is 0.254 e. The summed E-state index contributed by atoms with van der Waals surface area (Å²) in [5.74, 6) is 1.19. The van der Waals surface area contributed by atoms with Gasteiger partial charge in [0.15, 0.2) is 0 Å². The molecule has 25 heavy (non-hydrogen) atoms. The summed E-state index contributed by atoms with van der Waals surface area (Å²) < 4.78 is 0. The van der Waals surface area contributed by atoms with Gasteiger partial charge in [0, 0.05) is 29.6 Å². The molecule has 0 radical (unpaired) electrons. The van der Waals surface area contributed by atoms with Crippen LogP contribution in [0.3, 0.4) is 0 Å². The number of halogens is 1. The lowest BCUT2D eigenvalue weighted by atomic mass is 10.3. The molecule has 0 atom stereocenters. The summed E-state index contributed by atoms with van der Waals surface area (Å²) in [5.41, 5.74) is 7.72. The molecule has 0 amide bonds. The molecule has 3 rings (SSSR count). The number of hydrogen-bond donors (Lipinski definition) is 2. The molecule has 2 aromatic carbocycles. The summed E-state index contributed by atoms with van der Waals surface area (Å²) >= 11 is 5.86. The summed E-state index contributed by atoms with van der Waals surface area (Å²) in [6.45, 7) is 0. The molecule has 0 aliphatic rings. The molecule has 0 unspecified atom stereocenters. The maximum atomic E-state index is 5.93. The summed E-state index contributed by atoms with van der Waals surface area (Å²) in [6, 6.07) is 18.9. The lowest BCUT2D eigenvalue weighted by Gasteiger charge is -2.17. The van der Waals surface area contributed by atoms with Crippen LogP contribution < -0.4 is 16.0 Å². The zero-order chi connectivity index (χ0) is 17.6. The molecular weight excluding hydrogens is 336 g/mol. The summed E-state index contributed by atoms with van der Waals surface area (Å²) in [7, 11) is 1.93. The highest BCUT2D eigenvalue weighted by Gasteiger charge is 2.06. The van der Waals surface area contributed by atoms with Gasteiger partial charge < -0.3 is 16.0 Å². The number of aromatic nitrogens is 2. The fourth-order valence-electron chi connectivity index (χ4n) is 2.18.